The summed E-state index contributed by atoms with van der Waals surface area (Å²) in [5.41, 5.74) is 5.09. The highest BCUT2D eigenvalue weighted by atomic mass is 16.5. The summed E-state index contributed by atoms with van der Waals surface area (Å²) >= 11 is 0. The molecule has 2 aromatic carbocycles. The largest absolute Gasteiger partial charge is 0.496 e. The molecule has 0 aliphatic heterocycles. The van der Waals surface area contributed by atoms with E-state index >= 15 is 0 Å². The number of methoxy groups -OCH3 is 2. The van der Waals surface area contributed by atoms with Crippen molar-refractivity contribution in [1.29, 1.82) is 0 Å². The van der Waals surface area contributed by atoms with Gasteiger partial charge in [0.25, 0.3) is 0 Å². The lowest BCUT2D eigenvalue weighted by Crippen LogP contribution is -2.54. The summed E-state index contributed by atoms with van der Waals surface area (Å²) in [5.74, 6) is 0.574. The molecule has 0 aromatic heterocycles. The molecule has 1 atom stereocenters. The van der Waals surface area contributed by atoms with Crippen molar-refractivity contribution in [2.45, 2.75) is 12.5 Å². The van der Waals surface area contributed by atoms with Crippen molar-refractivity contribution in [3.63, 3.8) is 0 Å². The van der Waals surface area contributed by atoms with E-state index < -0.39 is 0 Å². The predicted molar refractivity (Wildman–Crippen MR) is 72.8 cm³/mol. The Morgan fingerprint density at radius 1 is 1.16 bits per heavy atom. The molecule has 0 bridgehead atoms. The zero-order chi connectivity index (χ0) is 13.8. The third kappa shape index (κ3) is 2.69. The molecule has 4 nitrogen and oxygen atoms in total. The van der Waals surface area contributed by atoms with Crippen molar-refractivity contribution in [2.24, 2.45) is 0 Å². The number of fused-ring (bicyclic) bond motifs is 1. The first-order valence-electron chi connectivity index (χ1n) is 6.13. The number of carbonyl (C=O) groups is 1. The summed E-state index contributed by atoms with van der Waals surface area (Å²) in [6.45, 7) is 0. The number of hydrogen-bond donors (Lipinski definition) is 1. The van der Waals surface area contributed by atoms with Crippen molar-refractivity contribution < 1.29 is 20.0 Å². The molecule has 0 radical (unpaired) electrons. The first kappa shape index (κ1) is 13.4. The van der Waals surface area contributed by atoms with Crippen LogP contribution in [0, 0.1) is 0 Å². The van der Waals surface area contributed by atoms with E-state index in [1.165, 1.54) is 7.11 Å². The second-order valence-corrected chi connectivity index (χ2v) is 4.38. The molecule has 0 saturated heterocycles. The van der Waals surface area contributed by atoms with E-state index in [0.29, 0.717) is 0 Å². The van der Waals surface area contributed by atoms with Crippen LogP contribution in [0.4, 0.5) is 0 Å². The van der Waals surface area contributed by atoms with E-state index in [2.05, 4.69) is 5.73 Å². The molecule has 3 N–H and O–H groups in total. The Kier molecular flexibility index (Phi) is 4.02. The molecule has 0 saturated carbocycles. The Morgan fingerprint density at radius 2 is 1.84 bits per heavy atom. The van der Waals surface area contributed by atoms with Gasteiger partial charge in [0.1, 0.15) is 18.2 Å². The van der Waals surface area contributed by atoms with Crippen LogP contribution >= 0.6 is 0 Å². The summed E-state index contributed by atoms with van der Waals surface area (Å²) in [5, 5.41) is 2.09. The Morgan fingerprint density at radius 3 is 2.47 bits per heavy atom. The summed E-state index contributed by atoms with van der Waals surface area (Å²) in [7, 11) is 3.04. The van der Waals surface area contributed by atoms with Gasteiger partial charge in [0.2, 0.25) is 0 Å². The monoisotopic (exact) mass is 260 g/mol. The lowest BCUT2D eigenvalue weighted by molar-refractivity contribution is -0.425. The number of benzene rings is 2. The van der Waals surface area contributed by atoms with Gasteiger partial charge < -0.3 is 15.2 Å². The highest BCUT2D eigenvalue weighted by molar-refractivity contribution is 5.91. The van der Waals surface area contributed by atoms with Crippen LogP contribution in [-0.2, 0) is 9.53 Å². The molecule has 0 unspecified atom stereocenters. The zero-order valence-electron chi connectivity index (χ0n) is 11.2. The van der Waals surface area contributed by atoms with Crippen molar-refractivity contribution >= 4 is 16.7 Å². The van der Waals surface area contributed by atoms with Crippen LogP contribution in [0.3, 0.4) is 0 Å². The fourth-order valence-corrected chi connectivity index (χ4v) is 2.22. The number of quaternary nitrogens is 1. The molecule has 2 rings (SSSR count). The summed E-state index contributed by atoms with van der Waals surface area (Å²) < 4.78 is 10.0. The van der Waals surface area contributed by atoms with Gasteiger partial charge >= 0.3 is 5.97 Å². The fraction of sp³-hybridized carbons (Fsp3) is 0.267. The maximum atomic E-state index is 11.4. The molecule has 0 aliphatic carbocycles. The van der Waals surface area contributed by atoms with Crippen LogP contribution in [0.15, 0.2) is 36.4 Å². The van der Waals surface area contributed by atoms with Gasteiger partial charge in [-0.3, -0.25) is 4.79 Å². The SMILES string of the molecule is COC(=O)C[C@@H]([NH3+])c1ccc(OC)c2ccccc12. The number of ether oxygens (including phenoxy) is 2. The van der Waals surface area contributed by atoms with Gasteiger partial charge in [-0.05, 0) is 17.5 Å². The topological polar surface area (TPSA) is 63.2 Å². The molecule has 100 valence electrons. The number of hydrogen-bond acceptors (Lipinski definition) is 3. The Labute approximate surface area is 112 Å². The van der Waals surface area contributed by atoms with Crippen LogP contribution in [0.5, 0.6) is 5.75 Å². The van der Waals surface area contributed by atoms with Crippen molar-refractivity contribution in [3.05, 3.63) is 42.0 Å². The van der Waals surface area contributed by atoms with Crippen molar-refractivity contribution in [2.75, 3.05) is 14.2 Å². The molecule has 0 aliphatic rings. The third-order valence-corrected chi connectivity index (χ3v) is 3.22. The molecule has 0 heterocycles. The first-order chi connectivity index (χ1) is 9.17. The average molecular weight is 260 g/mol. The Hall–Kier alpha value is -2.07. The van der Waals surface area contributed by atoms with Gasteiger partial charge in [-0.15, -0.1) is 0 Å². The van der Waals surface area contributed by atoms with Gasteiger partial charge in [-0.2, -0.15) is 0 Å². The minimum atomic E-state index is -0.250. The molecule has 0 amide bonds. The first-order valence-corrected chi connectivity index (χ1v) is 6.13. The summed E-state index contributed by atoms with van der Waals surface area (Å²) in [6.07, 6.45) is 0.271. The van der Waals surface area contributed by atoms with Gasteiger partial charge in [0.05, 0.1) is 14.2 Å². The van der Waals surface area contributed by atoms with E-state index in [1.54, 1.807) is 7.11 Å². The van der Waals surface area contributed by atoms with Crippen LogP contribution in [-0.4, -0.2) is 20.2 Å². The van der Waals surface area contributed by atoms with E-state index in [4.69, 9.17) is 9.47 Å². The van der Waals surface area contributed by atoms with Gasteiger partial charge in [0.15, 0.2) is 0 Å². The molecular weight excluding hydrogens is 242 g/mol. The summed E-state index contributed by atoms with van der Waals surface area (Å²) in [6, 6.07) is 11.7. The maximum Gasteiger partial charge on any atom is 0.311 e. The lowest BCUT2D eigenvalue weighted by atomic mass is 9.97. The number of esters is 1. The van der Waals surface area contributed by atoms with Gasteiger partial charge in [0, 0.05) is 10.9 Å². The van der Waals surface area contributed by atoms with Gasteiger partial charge in [-0.25, -0.2) is 0 Å². The van der Waals surface area contributed by atoms with E-state index in [1.807, 2.05) is 36.4 Å². The van der Waals surface area contributed by atoms with Crippen LogP contribution < -0.4 is 10.5 Å². The zero-order valence-corrected chi connectivity index (χ0v) is 11.2. The Bertz CT molecular complexity index is 595. The minimum Gasteiger partial charge on any atom is -0.496 e. The van der Waals surface area contributed by atoms with Crippen molar-refractivity contribution in [1.82, 2.24) is 0 Å². The van der Waals surface area contributed by atoms with Crippen LogP contribution in [0.25, 0.3) is 10.8 Å². The summed E-state index contributed by atoms with van der Waals surface area (Å²) in [4.78, 5) is 11.4. The third-order valence-electron chi connectivity index (χ3n) is 3.22. The van der Waals surface area contributed by atoms with E-state index in [0.717, 1.165) is 22.1 Å². The predicted octanol–water partition coefficient (Wildman–Crippen LogP) is 1.69. The highest BCUT2D eigenvalue weighted by Crippen LogP contribution is 2.31. The molecule has 2 aromatic rings. The smallest absolute Gasteiger partial charge is 0.311 e. The standard InChI is InChI=1S/C15H17NO3/c1-18-14-8-7-11(13(16)9-15(17)19-2)10-5-3-4-6-12(10)14/h3-8,13H,9,16H2,1-2H3/p+1/t13-/m1/s1. The molecule has 4 heteroatoms. The quantitative estimate of drug-likeness (QED) is 0.851. The normalized spacial score (nSPS) is 12.2. The van der Waals surface area contributed by atoms with Gasteiger partial charge in [-0.1, -0.05) is 24.3 Å². The van der Waals surface area contributed by atoms with Crippen LogP contribution in [0.2, 0.25) is 0 Å². The minimum absolute atomic E-state index is 0.136. The lowest BCUT2D eigenvalue weighted by Gasteiger charge is -2.13. The fourth-order valence-electron chi connectivity index (χ4n) is 2.22. The second kappa shape index (κ2) is 5.71. The second-order valence-electron chi connectivity index (χ2n) is 4.38. The van der Waals surface area contributed by atoms with Crippen LogP contribution in [0.1, 0.15) is 18.0 Å². The average Bonchev–Trinajstić information content (AvgIpc) is 2.45. The molecule has 0 fully saturated rings. The van der Waals surface area contributed by atoms with Crippen molar-refractivity contribution in [3.8, 4) is 5.75 Å². The number of rotatable bonds is 4. The molecule has 19 heavy (non-hydrogen) atoms. The Balaban J connectivity index is 2.47. The highest BCUT2D eigenvalue weighted by Gasteiger charge is 2.18. The number of carbonyl (C=O) groups excluding carboxylic acids is 1. The molecular formula is C15H18NO3+. The maximum absolute atomic E-state index is 11.4. The van der Waals surface area contributed by atoms with E-state index in [9.17, 15) is 4.79 Å². The van der Waals surface area contributed by atoms with E-state index in [-0.39, 0.29) is 18.4 Å². The molecule has 0 spiro atoms.